The van der Waals surface area contributed by atoms with Gasteiger partial charge in [-0.1, -0.05) is 74.9 Å². The zero-order valence-electron chi connectivity index (χ0n) is 42.5. The summed E-state index contributed by atoms with van der Waals surface area (Å²) in [5.74, 6) is -1.58. The Morgan fingerprint density at radius 1 is 0.778 bits per heavy atom. The number of hydroxylamine groups is 2. The molecule has 0 aliphatic carbocycles. The molecule has 17 heteroatoms. The number of imide groups is 1. The number of fused-ring (bicyclic) bond motifs is 2. The highest BCUT2D eigenvalue weighted by Gasteiger charge is 2.41. The van der Waals surface area contributed by atoms with Crippen LogP contribution in [0, 0.1) is 0 Å². The van der Waals surface area contributed by atoms with Crippen LogP contribution in [0.2, 0.25) is 0 Å². The number of anilines is 2. The number of ether oxygens (including phenoxy) is 5. The molecule has 0 saturated carbocycles. The molecule has 390 valence electrons. The molecule has 1 saturated heterocycles. The molecule has 0 spiro atoms. The molecule has 2 N–H and O–H groups in total. The Kier molecular flexibility index (Phi) is 20.0. The zero-order valence-corrected chi connectivity index (χ0v) is 43.3. The average Bonchev–Trinajstić information content (AvgIpc) is 3.76. The van der Waals surface area contributed by atoms with Gasteiger partial charge < -0.3 is 43.4 Å². The second-order valence-corrected chi connectivity index (χ2v) is 20.4. The molecule has 3 aliphatic heterocycles. The molecule has 3 aromatic carbocycles. The predicted octanol–water partition coefficient (Wildman–Crippen LogP) is 8.39. The fraction of sp³-hybridized carbons (Fsp3) is 0.473. The molecule has 3 heterocycles. The van der Waals surface area contributed by atoms with Gasteiger partial charge in [0.2, 0.25) is 0 Å². The van der Waals surface area contributed by atoms with Gasteiger partial charge in [0.1, 0.15) is 5.75 Å². The van der Waals surface area contributed by atoms with Gasteiger partial charge in [-0.15, -0.1) is 5.06 Å². The fourth-order valence-corrected chi connectivity index (χ4v) is 9.75. The van der Waals surface area contributed by atoms with E-state index in [4.69, 9.17) is 28.5 Å². The van der Waals surface area contributed by atoms with Gasteiger partial charge in [-0.3, -0.25) is 14.1 Å². The van der Waals surface area contributed by atoms with Crippen molar-refractivity contribution in [3.05, 3.63) is 119 Å². The van der Waals surface area contributed by atoms with Crippen molar-refractivity contribution in [3.63, 3.8) is 0 Å². The molecule has 0 radical (unpaired) electrons. The summed E-state index contributed by atoms with van der Waals surface area (Å²) in [7, 11) is -2.85. The smallest absolute Gasteiger partial charge is 0.333 e. The van der Waals surface area contributed by atoms with Crippen LogP contribution in [0.15, 0.2) is 102 Å². The van der Waals surface area contributed by atoms with E-state index in [2.05, 4.69) is 54.9 Å². The average molecular weight is 1010 g/mol. The van der Waals surface area contributed by atoms with E-state index in [0.29, 0.717) is 109 Å². The summed E-state index contributed by atoms with van der Waals surface area (Å²) in [6.45, 7) is 15.8. The van der Waals surface area contributed by atoms with Gasteiger partial charge in [0, 0.05) is 79.1 Å². The first-order valence-corrected chi connectivity index (χ1v) is 26.1. The third kappa shape index (κ3) is 14.7. The molecular formula is C55H71N3O13S. The second-order valence-electron chi connectivity index (χ2n) is 19.0. The molecule has 6 rings (SSSR count). The number of unbranched alkanes of at least 4 members (excludes halogenated alkanes) is 2. The summed E-state index contributed by atoms with van der Waals surface area (Å²) in [6, 6.07) is 18.6. The van der Waals surface area contributed by atoms with Crippen LogP contribution < -0.4 is 9.80 Å². The number of allylic oxidation sites excluding steroid dienone is 7. The molecule has 3 aromatic rings. The Labute approximate surface area is 424 Å². The maximum absolute atomic E-state index is 12.5. The third-order valence-corrected chi connectivity index (χ3v) is 13.8. The zero-order chi connectivity index (χ0) is 51.9. The highest BCUT2D eigenvalue weighted by Crippen LogP contribution is 2.49. The molecule has 16 nitrogen and oxygen atoms in total. The first kappa shape index (κ1) is 55.7. The van der Waals surface area contributed by atoms with E-state index in [0.717, 1.165) is 44.9 Å². The minimum atomic E-state index is -4.48. The number of phenolic OH excluding ortho intramolecular Hbond substituents is 1. The van der Waals surface area contributed by atoms with Gasteiger partial charge in [-0.05, 0) is 92.6 Å². The fourth-order valence-electron chi connectivity index (χ4n) is 9.24. The van der Waals surface area contributed by atoms with Crippen LogP contribution in [0.25, 0.3) is 11.1 Å². The lowest BCUT2D eigenvalue weighted by atomic mass is 9.83. The van der Waals surface area contributed by atoms with Crippen molar-refractivity contribution >= 4 is 50.4 Å². The van der Waals surface area contributed by atoms with Crippen molar-refractivity contribution in [2.45, 2.75) is 95.4 Å². The summed E-state index contributed by atoms with van der Waals surface area (Å²) in [5.41, 5.74) is 6.84. The van der Waals surface area contributed by atoms with Crippen molar-refractivity contribution in [1.29, 1.82) is 0 Å². The standard InChI is InChI=1S/C55H71N3O13S/c1-40-39-54(2,3)57(26-27-67-30-31-69-34-35-70-33-32-68-29-28-66-6)48-38-49(59)45(37-44(40)48)42(20-19-41-14-9-7-10-15-41)16-13-17-50-55(4,5)46-36-43(72(63,64)65)21-22-47(46)56(50)25-12-8-11-18-53(62)71-58-51(60)23-24-52(58)61/h7,9-10,13-17,20-22,36-39,59H,8,11-12,18-19,23-35H2,1-6H3,(H,63,64,65)/b16-13+,42-20-,50-17-. The number of hydrogen-bond donors (Lipinski definition) is 2. The van der Waals surface area contributed by atoms with Gasteiger partial charge in [0.25, 0.3) is 21.9 Å². The molecule has 1 fully saturated rings. The van der Waals surface area contributed by atoms with Crippen LogP contribution >= 0.6 is 0 Å². The molecule has 0 bridgehead atoms. The van der Waals surface area contributed by atoms with E-state index < -0.39 is 33.3 Å². The van der Waals surface area contributed by atoms with E-state index >= 15 is 0 Å². The number of aromatic hydroxyl groups is 1. The second kappa shape index (κ2) is 25.8. The van der Waals surface area contributed by atoms with E-state index in [-0.39, 0.29) is 35.4 Å². The van der Waals surface area contributed by atoms with Crippen molar-refractivity contribution in [2.24, 2.45) is 0 Å². The monoisotopic (exact) mass is 1010 g/mol. The maximum Gasteiger partial charge on any atom is 0.333 e. The molecule has 3 aliphatic rings. The van der Waals surface area contributed by atoms with Gasteiger partial charge in [0.15, 0.2) is 0 Å². The molecule has 2 amide bonds. The lowest BCUT2D eigenvalue weighted by molar-refractivity contribution is -0.197. The molecular weight excluding hydrogens is 943 g/mol. The largest absolute Gasteiger partial charge is 0.507 e. The Morgan fingerprint density at radius 3 is 2.06 bits per heavy atom. The molecule has 0 atom stereocenters. The molecule has 0 aromatic heterocycles. The topological polar surface area (TPSA) is 191 Å². The number of carbonyl (C=O) groups excluding carboxylic acids is 3. The minimum Gasteiger partial charge on any atom is -0.507 e. The first-order valence-electron chi connectivity index (χ1n) is 24.7. The van der Waals surface area contributed by atoms with E-state index in [1.54, 1.807) is 13.2 Å². The highest BCUT2D eigenvalue weighted by atomic mass is 32.2. The Balaban J connectivity index is 1.19. The van der Waals surface area contributed by atoms with Crippen LogP contribution in [0.1, 0.15) is 95.4 Å². The summed E-state index contributed by atoms with van der Waals surface area (Å²) < 4.78 is 62.3. The minimum absolute atomic E-state index is 0.0226. The van der Waals surface area contributed by atoms with E-state index in [9.17, 15) is 32.5 Å². The summed E-state index contributed by atoms with van der Waals surface area (Å²) in [5, 5.41) is 12.5. The number of nitrogens with zero attached hydrogens (tertiary/aromatic N) is 3. The molecule has 72 heavy (non-hydrogen) atoms. The lowest BCUT2D eigenvalue weighted by Gasteiger charge is -2.43. The van der Waals surface area contributed by atoms with Crippen molar-refractivity contribution in [3.8, 4) is 5.75 Å². The van der Waals surface area contributed by atoms with Gasteiger partial charge in [0.05, 0.1) is 69.9 Å². The van der Waals surface area contributed by atoms with Crippen molar-refractivity contribution < 1.29 is 61.0 Å². The van der Waals surface area contributed by atoms with Crippen molar-refractivity contribution in [2.75, 3.05) is 89.5 Å². The summed E-state index contributed by atoms with van der Waals surface area (Å²) in [6.07, 6.45) is 12.6. The number of rotatable bonds is 28. The normalized spacial score (nSPS) is 17.0. The summed E-state index contributed by atoms with van der Waals surface area (Å²) in [4.78, 5) is 45.6. The number of phenols is 1. The van der Waals surface area contributed by atoms with Gasteiger partial charge >= 0.3 is 5.97 Å². The Morgan fingerprint density at radius 2 is 1.42 bits per heavy atom. The lowest BCUT2D eigenvalue weighted by Crippen LogP contribution is -2.46. The van der Waals surface area contributed by atoms with Gasteiger partial charge in [-0.2, -0.15) is 8.42 Å². The number of methoxy groups -OCH3 is 1. The van der Waals surface area contributed by atoms with Crippen LogP contribution in [0.4, 0.5) is 11.4 Å². The first-order chi connectivity index (χ1) is 34.4. The Hall–Kier alpha value is -5.66. The van der Waals surface area contributed by atoms with Crippen molar-refractivity contribution in [1.82, 2.24) is 5.06 Å². The Bertz CT molecular complexity index is 2590. The highest BCUT2D eigenvalue weighted by molar-refractivity contribution is 7.85. The predicted molar refractivity (Wildman–Crippen MR) is 276 cm³/mol. The van der Waals surface area contributed by atoms with Crippen LogP contribution in [-0.2, 0) is 64.9 Å². The number of hydrogen-bond acceptors (Lipinski definition) is 14. The quantitative estimate of drug-likeness (QED) is 0.0305. The van der Waals surface area contributed by atoms with Crippen LogP contribution in [0.5, 0.6) is 5.75 Å². The number of carbonyl (C=O) groups is 3. The van der Waals surface area contributed by atoms with Crippen LogP contribution in [0.3, 0.4) is 0 Å². The van der Waals surface area contributed by atoms with Gasteiger partial charge in [-0.25, -0.2) is 4.79 Å². The van der Waals surface area contributed by atoms with E-state index in [1.165, 1.54) is 12.1 Å². The van der Waals surface area contributed by atoms with Crippen LogP contribution in [-0.4, -0.2) is 126 Å². The van der Waals surface area contributed by atoms with E-state index in [1.807, 2.05) is 62.4 Å². The molecule has 0 unspecified atom stereocenters. The maximum atomic E-state index is 12.5. The summed E-state index contributed by atoms with van der Waals surface area (Å²) >= 11 is 0. The SMILES string of the molecule is COCCOCCOCCOCCOCCN1c2cc(O)c(C(=C\Cc3ccccc3)/C=C/C=C3\N(CCCCCC(=O)ON4C(=O)CCC4=O)c4ccc(S(=O)(=O)O)cc4C3(C)C)cc2C(C)=CC1(C)C. The number of benzene rings is 3. The third-order valence-electron chi connectivity index (χ3n) is 13.0. The number of amides is 2.